The highest BCUT2D eigenvalue weighted by molar-refractivity contribution is 5.83. The minimum absolute atomic E-state index is 0.0635. The molecular weight excluding hydrogens is 360 g/mol. The number of nitrogens with zero attached hydrogens (tertiary/aromatic N) is 2. The summed E-state index contributed by atoms with van der Waals surface area (Å²) in [5.74, 6) is -1.73. The summed E-state index contributed by atoms with van der Waals surface area (Å²) in [4.78, 5) is 29.0. The molecule has 6 N–H and O–H groups in total. The SMILES string of the molecule is [C-]#[N+]C(Cc1ccc(O)c(-c2cc(CC([N+]#[C-])C(N)=O)ccc2O)c1)C(N)=O. The van der Waals surface area contributed by atoms with Gasteiger partial charge in [-0.15, -0.1) is 0 Å². The summed E-state index contributed by atoms with van der Waals surface area (Å²) >= 11 is 0. The highest BCUT2D eigenvalue weighted by Crippen LogP contribution is 2.37. The van der Waals surface area contributed by atoms with Crippen molar-refractivity contribution >= 4 is 11.8 Å². The van der Waals surface area contributed by atoms with Gasteiger partial charge in [0, 0.05) is 11.1 Å². The fourth-order valence-corrected chi connectivity index (χ4v) is 2.72. The predicted molar refractivity (Wildman–Crippen MR) is 102 cm³/mol. The van der Waals surface area contributed by atoms with Crippen LogP contribution in [0.15, 0.2) is 36.4 Å². The van der Waals surface area contributed by atoms with Crippen molar-refractivity contribution in [1.82, 2.24) is 0 Å². The molecule has 0 aliphatic heterocycles. The third kappa shape index (κ3) is 4.57. The van der Waals surface area contributed by atoms with E-state index in [0.717, 1.165) is 0 Å². The van der Waals surface area contributed by atoms with Gasteiger partial charge in [0.25, 0.3) is 0 Å². The van der Waals surface area contributed by atoms with E-state index in [2.05, 4.69) is 9.69 Å². The van der Waals surface area contributed by atoms with Gasteiger partial charge in [-0.25, -0.2) is 13.1 Å². The Kier molecular flexibility index (Phi) is 6.20. The summed E-state index contributed by atoms with van der Waals surface area (Å²) in [6, 6.07) is 6.94. The molecule has 0 spiro atoms. The third-order valence-electron chi connectivity index (χ3n) is 4.24. The van der Waals surface area contributed by atoms with E-state index in [1.54, 1.807) is 24.3 Å². The standard InChI is InChI=1S/C20H18N4O4/c1-23-15(19(21)27)9-11-3-5-17(25)13(7-11)14-8-12(4-6-18(14)26)10-16(24-2)20(22)28/h3-8,15-16,25-26H,9-10H2,(H2,21,27)(H2,22,28). The Hall–Kier alpha value is -4.04. The molecule has 2 aromatic carbocycles. The molecule has 2 rings (SSSR count). The number of aromatic hydroxyl groups is 2. The van der Waals surface area contributed by atoms with Gasteiger partial charge < -0.3 is 31.4 Å². The van der Waals surface area contributed by atoms with Crippen LogP contribution < -0.4 is 11.5 Å². The van der Waals surface area contributed by atoms with Crippen LogP contribution in [0.4, 0.5) is 0 Å². The van der Waals surface area contributed by atoms with E-state index < -0.39 is 23.9 Å². The van der Waals surface area contributed by atoms with Gasteiger partial charge in [0.15, 0.2) is 0 Å². The minimum atomic E-state index is -1.03. The van der Waals surface area contributed by atoms with E-state index in [9.17, 15) is 19.8 Å². The van der Waals surface area contributed by atoms with Crippen LogP contribution in [0.1, 0.15) is 11.1 Å². The molecule has 142 valence electrons. The van der Waals surface area contributed by atoms with Crippen molar-refractivity contribution in [1.29, 1.82) is 0 Å². The molecular formula is C20H18N4O4. The zero-order chi connectivity index (χ0) is 20.8. The van der Waals surface area contributed by atoms with E-state index in [4.69, 9.17) is 24.6 Å². The van der Waals surface area contributed by atoms with Crippen LogP contribution in [0, 0.1) is 13.1 Å². The van der Waals surface area contributed by atoms with Gasteiger partial charge in [0.2, 0.25) is 0 Å². The maximum Gasteiger partial charge on any atom is 0.304 e. The van der Waals surface area contributed by atoms with Gasteiger partial charge in [-0.2, -0.15) is 0 Å². The first kappa shape index (κ1) is 20.3. The lowest BCUT2D eigenvalue weighted by atomic mass is 9.95. The first-order chi connectivity index (χ1) is 13.3. The number of phenols is 2. The Bertz CT molecular complexity index is 923. The summed E-state index contributed by atoms with van der Waals surface area (Å²) in [7, 11) is 0. The Morgan fingerprint density at radius 3 is 1.46 bits per heavy atom. The topological polar surface area (TPSA) is 135 Å². The van der Waals surface area contributed by atoms with E-state index >= 15 is 0 Å². The van der Waals surface area contributed by atoms with Gasteiger partial charge in [-0.3, -0.25) is 9.59 Å². The number of phenolic OH excluding ortho intramolecular Hbond substituents is 2. The molecule has 0 fully saturated rings. The number of carbonyl (C=O) groups excluding carboxylic acids is 2. The predicted octanol–water partition coefficient (Wildman–Crippen LogP) is 1.40. The molecule has 2 amide bonds. The van der Waals surface area contributed by atoms with Gasteiger partial charge >= 0.3 is 23.9 Å². The van der Waals surface area contributed by atoms with E-state index in [0.29, 0.717) is 11.1 Å². The molecule has 2 aromatic rings. The lowest BCUT2D eigenvalue weighted by Gasteiger charge is -2.12. The molecule has 0 bridgehead atoms. The number of benzene rings is 2. The summed E-state index contributed by atoms with van der Waals surface area (Å²) < 4.78 is 0. The number of carbonyl (C=O) groups is 2. The number of hydrogen-bond acceptors (Lipinski definition) is 4. The second-order valence-corrected chi connectivity index (χ2v) is 6.21. The summed E-state index contributed by atoms with van der Waals surface area (Å²) in [6.45, 7) is 14.1. The molecule has 2 unspecified atom stereocenters. The first-order valence-electron chi connectivity index (χ1n) is 8.22. The maximum atomic E-state index is 11.3. The van der Waals surface area contributed by atoms with E-state index in [1.807, 2.05) is 0 Å². The van der Waals surface area contributed by atoms with Crippen LogP contribution in [0.2, 0.25) is 0 Å². The number of hydrogen-bond donors (Lipinski definition) is 4. The monoisotopic (exact) mass is 378 g/mol. The van der Waals surface area contributed by atoms with Crippen molar-refractivity contribution in [2.75, 3.05) is 0 Å². The van der Waals surface area contributed by atoms with Gasteiger partial charge in [0.05, 0.1) is 12.8 Å². The highest BCUT2D eigenvalue weighted by atomic mass is 16.3. The lowest BCUT2D eigenvalue weighted by molar-refractivity contribution is -0.119. The smallest absolute Gasteiger partial charge is 0.304 e. The average Bonchev–Trinajstić information content (AvgIpc) is 2.66. The number of amides is 2. The first-order valence-corrected chi connectivity index (χ1v) is 8.22. The zero-order valence-electron chi connectivity index (χ0n) is 14.8. The van der Waals surface area contributed by atoms with Gasteiger partial charge in [0.1, 0.15) is 11.5 Å². The van der Waals surface area contributed by atoms with Crippen LogP contribution >= 0.6 is 0 Å². The molecule has 28 heavy (non-hydrogen) atoms. The summed E-state index contributed by atoms with van der Waals surface area (Å²) in [5, 5.41) is 20.5. The van der Waals surface area contributed by atoms with Crippen molar-refractivity contribution in [3.05, 3.63) is 70.4 Å². The Morgan fingerprint density at radius 1 is 0.821 bits per heavy atom. The molecule has 8 heteroatoms. The van der Waals surface area contributed by atoms with Gasteiger partial charge in [-0.1, -0.05) is 12.1 Å². The van der Waals surface area contributed by atoms with Crippen molar-refractivity contribution in [3.63, 3.8) is 0 Å². The summed E-state index contributed by atoms with van der Waals surface area (Å²) in [6.07, 6.45) is 0.127. The van der Waals surface area contributed by atoms with Crippen molar-refractivity contribution < 1.29 is 19.8 Å². The number of nitrogens with two attached hydrogens (primary N) is 2. The quantitative estimate of drug-likeness (QED) is 0.541. The molecule has 8 nitrogen and oxygen atoms in total. The molecule has 2 atom stereocenters. The largest absolute Gasteiger partial charge is 0.507 e. The number of primary amides is 2. The minimum Gasteiger partial charge on any atom is -0.507 e. The van der Waals surface area contributed by atoms with Crippen LogP contribution in [-0.4, -0.2) is 34.1 Å². The van der Waals surface area contributed by atoms with Crippen LogP contribution in [0.5, 0.6) is 11.5 Å². The Morgan fingerprint density at radius 2 is 1.18 bits per heavy atom. The van der Waals surface area contributed by atoms with Crippen molar-refractivity contribution in [2.45, 2.75) is 24.9 Å². The summed E-state index contributed by atoms with van der Waals surface area (Å²) in [5.41, 5.74) is 12.1. The Labute approximate surface area is 161 Å². The van der Waals surface area contributed by atoms with E-state index in [1.165, 1.54) is 12.1 Å². The fourth-order valence-electron chi connectivity index (χ4n) is 2.72. The van der Waals surface area contributed by atoms with Crippen molar-refractivity contribution in [3.8, 4) is 22.6 Å². The second kappa shape index (κ2) is 8.56. The third-order valence-corrected chi connectivity index (χ3v) is 4.24. The Balaban J connectivity index is 2.44. The molecule has 0 aliphatic carbocycles. The highest BCUT2D eigenvalue weighted by Gasteiger charge is 2.23. The zero-order valence-corrected chi connectivity index (χ0v) is 14.8. The van der Waals surface area contributed by atoms with Crippen LogP contribution in [-0.2, 0) is 22.4 Å². The molecule has 0 saturated heterocycles. The fraction of sp³-hybridized carbons (Fsp3) is 0.200. The van der Waals surface area contributed by atoms with Crippen molar-refractivity contribution in [2.24, 2.45) is 11.5 Å². The second-order valence-electron chi connectivity index (χ2n) is 6.21. The van der Waals surface area contributed by atoms with Crippen LogP contribution in [0.3, 0.4) is 0 Å². The molecule has 0 heterocycles. The number of rotatable bonds is 7. The molecule has 0 aromatic heterocycles. The molecule has 0 radical (unpaired) electrons. The maximum absolute atomic E-state index is 11.3. The lowest BCUT2D eigenvalue weighted by Crippen LogP contribution is -2.27. The molecule has 0 aliphatic rings. The van der Waals surface area contributed by atoms with E-state index in [-0.39, 0.29) is 35.5 Å². The van der Waals surface area contributed by atoms with Gasteiger partial charge in [-0.05, 0) is 35.4 Å². The average molecular weight is 378 g/mol. The normalized spacial score (nSPS) is 12.4. The van der Waals surface area contributed by atoms with Crippen LogP contribution in [0.25, 0.3) is 20.8 Å². The molecule has 0 saturated carbocycles.